The normalized spacial score (nSPS) is 16.3. The summed E-state index contributed by atoms with van der Waals surface area (Å²) in [4.78, 5) is 16.2. The van der Waals surface area contributed by atoms with E-state index >= 15 is 0 Å². The van der Waals surface area contributed by atoms with Gasteiger partial charge in [0.05, 0.1) is 17.3 Å². The average Bonchev–Trinajstić information content (AvgIpc) is 2.71. The topological polar surface area (TPSA) is 67.8 Å². The lowest BCUT2D eigenvalue weighted by Gasteiger charge is -2.29. The van der Waals surface area contributed by atoms with E-state index in [1.165, 1.54) is 0 Å². The molecule has 3 rings (SSSR count). The van der Waals surface area contributed by atoms with Crippen molar-refractivity contribution in [2.45, 2.75) is 6.04 Å². The lowest BCUT2D eigenvalue weighted by atomic mass is 9.94. The highest BCUT2D eigenvalue weighted by atomic mass is 32.1. The number of carbonyl (C=O) groups is 1. The number of carboxylic acid groups (broad SMARTS) is 1. The molecule has 1 heterocycles. The molecule has 0 radical (unpaired) electrons. The van der Waals surface area contributed by atoms with Crippen LogP contribution >= 0.6 is 12.2 Å². The zero-order chi connectivity index (χ0) is 21.8. The third kappa shape index (κ3) is 4.80. The molecule has 0 saturated heterocycles. The lowest BCUT2D eigenvalue weighted by Crippen LogP contribution is -2.45. The quantitative estimate of drug-likeness (QED) is 0.617. The van der Waals surface area contributed by atoms with Crippen molar-refractivity contribution in [3.63, 3.8) is 0 Å². The van der Waals surface area contributed by atoms with Crippen LogP contribution in [0.3, 0.4) is 0 Å². The highest BCUT2D eigenvalue weighted by Crippen LogP contribution is 2.29. The smallest absolute Gasteiger partial charge is 0.336 e. The number of hydrogen-bond donors (Lipinski definition) is 3. The second-order valence-corrected chi connectivity index (χ2v) is 7.88. The first-order valence-electron chi connectivity index (χ1n) is 9.54. The van der Waals surface area contributed by atoms with Crippen LogP contribution in [0.15, 0.2) is 65.9 Å². The Labute approximate surface area is 182 Å². The SMILES string of the molecule is CN(C)c1ccc(/C=C/C2=C(C(=O)O)C(c3ccc(N(C)C)cc3)NC(=S)N2)cc1. The van der Waals surface area contributed by atoms with Gasteiger partial charge in [0.25, 0.3) is 0 Å². The van der Waals surface area contributed by atoms with Gasteiger partial charge in [-0.1, -0.05) is 30.3 Å². The third-order valence-corrected chi connectivity index (χ3v) is 5.15. The summed E-state index contributed by atoms with van der Waals surface area (Å²) < 4.78 is 0. The Hall–Kier alpha value is -3.32. The summed E-state index contributed by atoms with van der Waals surface area (Å²) in [6, 6.07) is 15.2. The first-order valence-corrected chi connectivity index (χ1v) is 9.95. The predicted molar refractivity (Wildman–Crippen MR) is 127 cm³/mol. The summed E-state index contributed by atoms with van der Waals surface area (Å²) in [7, 11) is 7.90. The largest absolute Gasteiger partial charge is 0.478 e. The minimum Gasteiger partial charge on any atom is -0.478 e. The number of rotatable bonds is 6. The van der Waals surface area contributed by atoms with E-state index in [1.54, 1.807) is 6.08 Å². The number of aliphatic carboxylic acids is 1. The van der Waals surface area contributed by atoms with Gasteiger partial charge in [-0.2, -0.15) is 0 Å². The van der Waals surface area contributed by atoms with Crippen LogP contribution in [0.4, 0.5) is 11.4 Å². The Morgan fingerprint density at radius 2 is 1.47 bits per heavy atom. The number of carboxylic acids is 1. The Bertz CT molecular complexity index is 993. The van der Waals surface area contributed by atoms with E-state index in [1.807, 2.05) is 92.6 Å². The Balaban J connectivity index is 1.96. The van der Waals surface area contributed by atoms with Gasteiger partial charge in [-0.25, -0.2) is 4.79 Å². The first kappa shape index (κ1) is 21.4. The second-order valence-electron chi connectivity index (χ2n) is 7.47. The number of allylic oxidation sites excluding steroid dienone is 1. The van der Waals surface area contributed by atoms with Crippen molar-refractivity contribution in [2.75, 3.05) is 38.0 Å². The Morgan fingerprint density at radius 1 is 0.933 bits per heavy atom. The maximum atomic E-state index is 12.1. The van der Waals surface area contributed by atoms with Crippen LogP contribution in [0.1, 0.15) is 17.2 Å². The van der Waals surface area contributed by atoms with E-state index in [0.717, 1.165) is 22.5 Å². The van der Waals surface area contributed by atoms with Crippen molar-refractivity contribution in [3.8, 4) is 0 Å². The van der Waals surface area contributed by atoms with Gasteiger partial charge in [-0.05, 0) is 53.7 Å². The van der Waals surface area contributed by atoms with Crippen LogP contribution in [0.25, 0.3) is 6.08 Å². The second kappa shape index (κ2) is 9.00. The highest BCUT2D eigenvalue weighted by Gasteiger charge is 2.30. The fraction of sp³-hybridized carbons (Fsp3) is 0.217. The summed E-state index contributed by atoms with van der Waals surface area (Å²) >= 11 is 5.35. The fourth-order valence-electron chi connectivity index (χ4n) is 3.23. The Kier molecular flexibility index (Phi) is 6.42. The van der Waals surface area contributed by atoms with Crippen LogP contribution in [0.5, 0.6) is 0 Å². The standard InChI is InChI=1S/C23H26N4O2S/c1-26(2)17-10-5-15(6-11-17)7-14-19-20(22(28)29)21(25-23(30)24-19)16-8-12-18(13-9-16)27(3)4/h5-14,21H,1-4H3,(H,28,29)(H2,24,25,30)/b14-7+. The minimum atomic E-state index is -0.998. The fourth-order valence-corrected chi connectivity index (χ4v) is 3.46. The molecule has 0 spiro atoms. The van der Waals surface area contributed by atoms with Crippen LogP contribution < -0.4 is 20.4 Å². The summed E-state index contributed by atoms with van der Waals surface area (Å²) in [5, 5.41) is 16.4. The van der Waals surface area contributed by atoms with Gasteiger partial charge in [0.1, 0.15) is 0 Å². The average molecular weight is 423 g/mol. The van der Waals surface area contributed by atoms with Gasteiger partial charge in [0.2, 0.25) is 0 Å². The van der Waals surface area contributed by atoms with Crippen molar-refractivity contribution in [3.05, 3.63) is 77.0 Å². The molecule has 0 amide bonds. The molecule has 1 unspecified atom stereocenters. The molecule has 1 aliphatic heterocycles. The maximum absolute atomic E-state index is 12.1. The van der Waals surface area contributed by atoms with Gasteiger partial charge in [-0.15, -0.1) is 0 Å². The maximum Gasteiger partial charge on any atom is 0.336 e. The molecular formula is C23H26N4O2S. The van der Waals surface area contributed by atoms with E-state index in [-0.39, 0.29) is 5.57 Å². The summed E-state index contributed by atoms with van der Waals surface area (Å²) in [6.07, 6.45) is 3.65. The van der Waals surface area contributed by atoms with Crippen molar-refractivity contribution in [1.29, 1.82) is 0 Å². The molecule has 3 N–H and O–H groups in total. The molecule has 0 aliphatic carbocycles. The summed E-state index contributed by atoms with van der Waals surface area (Å²) in [5.74, 6) is -0.998. The molecule has 30 heavy (non-hydrogen) atoms. The number of benzene rings is 2. The molecule has 1 atom stereocenters. The van der Waals surface area contributed by atoms with E-state index in [9.17, 15) is 9.90 Å². The van der Waals surface area contributed by atoms with Crippen molar-refractivity contribution < 1.29 is 9.90 Å². The lowest BCUT2D eigenvalue weighted by molar-refractivity contribution is -0.133. The van der Waals surface area contributed by atoms with Crippen molar-refractivity contribution >= 4 is 40.8 Å². The van der Waals surface area contributed by atoms with E-state index in [0.29, 0.717) is 10.8 Å². The molecule has 2 aromatic carbocycles. The van der Waals surface area contributed by atoms with E-state index in [2.05, 4.69) is 10.6 Å². The molecule has 1 aliphatic rings. The van der Waals surface area contributed by atoms with Gasteiger partial charge < -0.3 is 25.5 Å². The number of anilines is 2. The molecule has 6 nitrogen and oxygen atoms in total. The summed E-state index contributed by atoms with van der Waals surface area (Å²) in [6.45, 7) is 0. The molecule has 0 bridgehead atoms. The number of nitrogens with zero attached hydrogens (tertiary/aromatic N) is 2. The molecule has 0 aromatic heterocycles. The van der Waals surface area contributed by atoms with Crippen LogP contribution in [-0.2, 0) is 4.79 Å². The van der Waals surface area contributed by atoms with Crippen LogP contribution in [0, 0.1) is 0 Å². The van der Waals surface area contributed by atoms with Gasteiger partial charge >= 0.3 is 5.97 Å². The Morgan fingerprint density at radius 3 is 1.97 bits per heavy atom. The van der Waals surface area contributed by atoms with E-state index < -0.39 is 12.0 Å². The van der Waals surface area contributed by atoms with E-state index in [4.69, 9.17) is 12.2 Å². The molecule has 2 aromatic rings. The zero-order valence-electron chi connectivity index (χ0n) is 17.5. The molecule has 0 fully saturated rings. The number of nitrogens with one attached hydrogen (secondary N) is 2. The summed E-state index contributed by atoms with van der Waals surface area (Å²) in [5.41, 5.74) is 4.64. The molecule has 7 heteroatoms. The van der Waals surface area contributed by atoms with Gasteiger partial charge in [0.15, 0.2) is 5.11 Å². The van der Waals surface area contributed by atoms with Crippen LogP contribution in [0.2, 0.25) is 0 Å². The monoisotopic (exact) mass is 422 g/mol. The molecular weight excluding hydrogens is 396 g/mol. The molecule has 156 valence electrons. The van der Waals surface area contributed by atoms with Crippen LogP contribution in [-0.4, -0.2) is 44.4 Å². The zero-order valence-corrected chi connectivity index (χ0v) is 18.3. The van der Waals surface area contributed by atoms with Gasteiger partial charge in [-0.3, -0.25) is 0 Å². The first-order chi connectivity index (χ1) is 14.3. The highest BCUT2D eigenvalue weighted by molar-refractivity contribution is 7.80. The predicted octanol–water partition coefficient (Wildman–Crippen LogP) is 3.39. The molecule has 0 saturated carbocycles. The van der Waals surface area contributed by atoms with Gasteiger partial charge in [0, 0.05) is 39.6 Å². The number of thiocarbonyl (C=S) groups is 1. The van der Waals surface area contributed by atoms with Crippen molar-refractivity contribution in [1.82, 2.24) is 10.6 Å². The van der Waals surface area contributed by atoms with Crippen molar-refractivity contribution in [2.24, 2.45) is 0 Å². The minimum absolute atomic E-state index is 0.224. The number of hydrogen-bond acceptors (Lipinski definition) is 4. The third-order valence-electron chi connectivity index (χ3n) is 4.93.